The van der Waals surface area contributed by atoms with Crippen LogP contribution < -0.4 is 4.90 Å². The van der Waals surface area contributed by atoms with Crippen LogP contribution in [0.5, 0.6) is 0 Å². The van der Waals surface area contributed by atoms with Crippen LogP contribution in [0.4, 0.5) is 17.1 Å². The summed E-state index contributed by atoms with van der Waals surface area (Å²) < 4.78 is 12.9. The first-order valence-electron chi connectivity index (χ1n) is 23.3. The highest BCUT2D eigenvalue weighted by molar-refractivity contribution is 6.16. The highest BCUT2D eigenvalue weighted by atomic mass is 16.3. The highest BCUT2D eigenvalue weighted by Crippen LogP contribution is 2.57. The lowest BCUT2D eigenvalue weighted by molar-refractivity contribution is 0.669. The second-order valence-electron chi connectivity index (χ2n) is 17.9. The molecule has 1 aliphatic rings. The molecule has 3 nitrogen and oxygen atoms in total. The Labute approximate surface area is 393 Å². The van der Waals surface area contributed by atoms with Crippen molar-refractivity contribution in [2.45, 2.75) is 5.41 Å². The van der Waals surface area contributed by atoms with Crippen molar-refractivity contribution < 1.29 is 8.83 Å². The van der Waals surface area contributed by atoms with Crippen molar-refractivity contribution in [2.24, 2.45) is 0 Å². The molecule has 2 heterocycles. The monoisotopic (exact) mass is 867 g/mol. The summed E-state index contributed by atoms with van der Waals surface area (Å²) in [4.78, 5) is 2.44. The van der Waals surface area contributed by atoms with Gasteiger partial charge < -0.3 is 13.7 Å². The Morgan fingerprint density at radius 3 is 1.74 bits per heavy atom. The minimum absolute atomic E-state index is 0.549. The molecule has 0 aliphatic heterocycles. The molecule has 0 spiro atoms. The summed E-state index contributed by atoms with van der Waals surface area (Å²) in [7, 11) is 0. The number of hydrogen-bond acceptors (Lipinski definition) is 3. The number of rotatable bonds is 7. The smallest absolute Gasteiger partial charge is 0.143 e. The zero-order valence-corrected chi connectivity index (χ0v) is 36.9. The number of fused-ring (bicyclic) bond motifs is 11. The maximum Gasteiger partial charge on any atom is 0.143 e. The zero-order chi connectivity index (χ0) is 44.8. The van der Waals surface area contributed by atoms with Gasteiger partial charge >= 0.3 is 0 Å². The summed E-state index contributed by atoms with van der Waals surface area (Å²) in [5.41, 5.74) is 18.2. The predicted octanol–water partition coefficient (Wildman–Crippen LogP) is 17.8. The van der Waals surface area contributed by atoms with Gasteiger partial charge in [0.2, 0.25) is 0 Å². The van der Waals surface area contributed by atoms with E-state index in [0.717, 1.165) is 88.6 Å². The van der Waals surface area contributed by atoms with E-state index >= 15 is 0 Å². The minimum Gasteiger partial charge on any atom is -0.456 e. The van der Waals surface area contributed by atoms with Gasteiger partial charge in [0.1, 0.15) is 22.3 Å². The Morgan fingerprint density at radius 1 is 0.309 bits per heavy atom. The minimum atomic E-state index is -0.549. The number of benzene rings is 11. The third-order valence-electron chi connectivity index (χ3n) is 14.4. The van der Waals surface area contributed by atoms with Crippen LogP contribution in [0.25, 0.3) is 88.0 Å². The lowest BCUT2D eigenvalue weighted by Crippen LogP contribution is -2.28. The van der Waals surface area contributed by atoms with Gasteiger partial charge in [0.25, 0.3) is 0 Å². The van der Waals surface area contributed by atoms with Gasteiger partial charge in [-0.05, 0) is 122 Å². The zero-order valence-electron chi connectivity index (χ0n) is 36.9. The molecule has 0 bridgehead atoms. The van der Waals surface area contributed by atoms with Gasteiger partial charge in [0.15, 0.2) is 0 Å². The maximum absolute atomic E-state index is 6.60. The van der Waals surface area contributed by atoms with Crippen molar-refractivity contribution >= 4 is 71.7 Å². The fourth-order valence-electron chi connectivity index (χ4n) is 11.3. The Bertz CT molecular complexity index is 4050. The van der Waals surface area contributed by atoms with Crippen molar-refractivity contribution in [2.75, 3.05) is 4.90 Å². The summed E-state index contributed by atoms with van der Waals surface area (Å²) in [6, 6.07) is 90.2. The van der Waals surface area contributed by atoms with E-state index in [1.54, 1.807) is 0 Å². The number of furan rings is 2. The van der Waals surface area contributed by atoms with Crippen molar-refractivity contribution in [1.82, 2.24) is 0 Å². The SMILES string of the molecule is c1ccc(C2(c3ccccc3)c3ccccc3-c3ccc(N(c4ccc(-c5ccc6c(c5)oc5ccccc56)cc4)c4ccccc4-c4ccc5oc6c7ccccc7ccc6c5c4)cc32)cc1. The van der Waals surface area contributed by atoms with Crippen LogP contribution in [-0.4, -0.2) is 0 Å². The summed E-state index contributed by atoms with van der Waals surface area (Å²) in [5, 5.41) is 6.76. The molecule has 1 aliphatic carbocycles. The Kier molecular flexibility index (Phi) is 8.50. The third-order valence-corrected chi connectivity index (χ3v) is 14.4. The Morgan fingerprint density at radius 2 is 0.912 bits per heavy atom. The molecule has 11 aromatic carbocycles. The van der Waals surface area contributed by atoms with Crippen LogP contribution in [-0.2, 0) is 5.41 Å². The molecule has 3 heteroatoms. The molecule has 0 atom stereocenters. The van der Waals surface area contributed by atoms with Crippen LogP contribution in [0, 0.1) is 0 Å². The molecule has 0 radical (unpaired) electrons. The normalized spacial score (nSPS) is 12.8. The van der Waals surface area contributed by atoms with Gasteiger partial charge in [-0.25, -0.2) is 0 Å². The lowest BCUT2D eigenvalue weighted by Gasteiger charge is -2.35. The van der Waals surface area contributed by atoms with Crippen LogP contribution in [0.1, 0.15) is 22.3 Å². The maximum atomic E-state index is 6.60. The summed E-state index contributed by atoms with van der Waals surface area (Å²) in [5.74, 6) is 0. The van der Waals surface area contributed by atoms with Crippen LogP contribution in [0.15, 0.2) is 258 Å². The molecular weight excluding hydrogens is 827 g/mol. The predicted molar refractivity (Wildman–Crippen MR) is 281 cm³/mol. The third kappa shape index (κ3) is 5.72. The van der Waals surface area contributed by atoms with Gasteiger partial charge in [-0.15, -0.1) is 0 Å². The van der Waals surface area contributed by atoms with E-state index < -0.39 is 5.41 Å². The first-order chi connectivity index (χ1) is 33.7. The van der Waals surface area contributed by atoms with E-state index in [0.29, 0.717) is 0 Å². The molecular formula is C65H41NO2. The molecule has 13 aromatic rings. The van der Waals surface area contributed by atoms with E-state index in [1.807, 2.05) is 12.1 Å². The van der Waals surface area contributed by atoms with Crippen LogP contribution >= 0.6 is 0 Å². The number of hydrogen-bond donors (Lipinski definition) is 0. The van der Waals surface area contributed by atoms with Crippen molar-refractivity contribution in [3.05, 3.63) is 271 Å². The molecule has 68 heavy (non-hydrogen) atoms. The van der Waals surface area contributed by atoms with E-state index in [2.05, 4.69) is 241 Å². The average Bonchev–Trinajstić information content (AvgIpc) is 4.07. The standard InChI is InChI=1S/C65H41NO2/c1-3-16-46(17-4-1)65(47-18-5-2-6-19-47)58-24-12-9-22-52(58)53-37-34-49(41-59(53)65)66(48-32-27-42(28-33-48)44-30-35-55-54-23-11-14-26-61(54)67-63(55)40-44)60-25-13-10-20-50(60)45-31-38-62-57(39-45)56-36-29-43-15-7-8-21-51(43)64(56)68-62/h1-41H. The molecule has 14 rings (SSSR count). The average molecular weight is 868 g/mol. The molecule has 0 saturated carbocycles. The van der Waals surface area contributed by atoms with Gasteiger partial charge in [-0.1, -0.05) is 182 Å². The van der Waals surface area contributed by atoms with E-state index in [-0.39, 0.29) is 0 Å². The largest absolute Gasteiger partial charge is 0.456 e. The Hall–Kier alpha value is -8.92. The number of para-hydroxylation sites is 2. The van der Waals surface area contributed by atoms with Crippen LogP contribution in [0.2, 0.25) is 0 Å². The quantitative estimate of drug-likeness (QED) is 0.160. The second-order valence-corrected chi connectivity index (χ2v) is 17.9. The highest BCUT2D eigenvalue weighted by Gasteiger charge is 2.46. The fourth-order valence-corrected chi connectivity index (χ4v) is 11.3. The van der Waals surface area contributed by atoms with Crippen molar-refractivity contribution in [3.63, 3.8) is 0 Å². The lowest BCUT2D eigenvalue weighted by atomic mass is 9.67. The van der Waals surface area contributed by atoms with Gasteiger partial charge in [-0.2, -0.15) is 0 Å². The van der Waals surface area contributed by atoms with Crippen LogP contribution in [0.3, 0.4) is 0 Å². The van der Waals surface area contributed by atoms with Gasteiger partial charge in [0.05, 0.1) is 11.1 Å². The van der Waals surface area contributed by atoms with Crippen molar-refractivity contribution in [1.29, 1.82) is 0 Å². The summed E-state index contributed by atoms with van der Waals surface area (Å²) in [6.45, 7) is 0. The Balaban J connectivity index is 0.977. The van der Waals surface area contributed by atoms with Crippen molar-refractivity contribution in [3.8, 4) is 33.4 Å². The topological polar surface area (TPSA) is 29.5 Å². The summed E-state index contributed by atoms with van der Waals surface area (Å²) >= 11 is 0. The number of nitrogens with zero attached hydrogens (tertiary/aromatic N) is 1. The molecule has 0 unspecified atom stereocenters. The first-order valence-corrected chi connectivity index (χ1v) is 23.3. The first kappa shape index (κ1) is 38.4. The second kappa shape index (κ2) is 15.1. The summed E-state index contributed by atoms with van der Waals surface area (Å²) in [6.07, 6.45) is 0. The molecule has 2 aromatic heterocycles. The van der Waals surface area contributed by atoms with Gasteiger partial charge in [0, 0.05) is 43.9 Å². The molecule has 0 N–H and O–H groups in total. The molecule has 0 fully saturated rings. The molecule has 318 valence electrons. The number of anilines is 3. The molecule has 0 saturated heterocycles. The fraction of sp³-hybridized carbons (Fsp3) is 0.0154. The molecule has 0 amide bonds. The van der Waals surface area contributed by atoms with Gasteiger partial charge in [-0.3, -0.25) is 0 Å². The van der Waals surface area contributed by atoms with E-state index in [4.69, 9.17) is 8.83 Å². The van der Waals surface area contributed by atoms with E-state index in [9.17, 15) is 0 Å². The van der Waals surface area contributed by atoms with E-state index in [1.165, 1.54) is 38.8 Å².